The van der Waals surface area contributed by atoms with E-state index in [0.717, 1.165) is 23.0 Å². The van der Waals surface area contributed by atoms with Gasteiger partial charge in [-0.05, 0) is 42.7 Å². The van der Waals surface area contributed by atoms with Crippen LogP contribution in [0.5, 0.6) is 0 Å². The molecule has 2 aromatic heterocycles. The van der Waals surface area contributed by atoms with Crippen LogP contribution in [0, 0.1) is 0 Å². The van der Waals surface area contributed by atoms with Crippen LogP contribution in [0.1, 0.15) is 31.2 Å². The molecule has 0 saturated heterocycles. The second-order valence-electron chi connectivity index (χ2n) is 5.76. The number of halogens is 1. The number of nitrogens with one attached hydrogen (secondary N) is 1. The number of hydrogen-bond donors (Lipinski definition) is 1. The molecule has 0 aliphatic heterocycles. The van der Waals surface area contributed by atoms with E-state index in [1.165, 1.54) is 6.08 Å². The Hall–Kier alpha value is -2.43. The second kappa shape index (κ2) is 6.77. The van der Waals surface area contributed by atoms with Crippen molar-refractivity contribution in [2.75, 3.05) is 6.54 Å². The van der Waals surface area contributed by atoms with Crippen LogP contribution in [0.2, 0.25) is 0 Å². The highest BCUT2D eigenvalue weighted by atomic mass is 19.1. The van der Waals surface area contributed by atoms with Crippen molar-refractivity contribution in [3.63, 3.8) is 0 Å². The summed E-state index contributed by atoms with van der Waals surface area (Å²) >= 11 is 0. The van der Waals surface area contributed by atoms with E-state index < -0.39 is 0 Å². The lowest BCUT2D eigenvalue weighted by Gasteiger charge is -2.14. The molecule has 1 aliphatic rings. The van der Waals surface area contributed by atoms with Gasteiger partial charge in [-0.25, -0.2) is 4.39 Å². The Morgan fingerprint density at radius 2 is 2.39 bits per heavy atom. The van der Waals surface area contributed by atoms with Gasteiger partial charge < -0.3 is 9.88 Å². The first kappa shape index (κ1) is 15.5. The number of allylic oxidation sites excluding steroid dienone is 4. The first-order chi connectivity index (χ1) is 11.2. The van der Waals surface area contributed by atoms with Crippen molar-refractivity contribution < 1.29 is 9.18 Å². The maximum atomic E-state index is 13.1. The van der Waals surface area contributed by atoms with Crippen molar-refractivity contribution in [3.8, 4) is 0 Å². The van der Waals surface area contributed by atoms with Gasteiger partial charge in [0.1, 0.15) is 12.4 Å². The van der Waals surface area contributed by atoms with Crippen molar-refractivity contribution in [1.82, 2.24) is 14.9 Å². The van der Waals surface area contributed by atoms with Gasteiger partial charge >= 0.3 is 0 Å². The quantitative estimate of drug-likeness (QED) is 0.919. The van der Waals surface area contributed by atoms with Gasteiger partial charge in [-0.1, -0.05) is 13.0 Å². The normalized spacial score (nSPS) is 17.3. The number of pyridine rings is 1. The molecule has 1 N–H and O–H groups in total. The second-order valence-corrected chi connectivity index (χ2v) is 5.76. The Morgan fingerprint density at radius 3 is 3.13 bits per heavy atom. The molecule has 0 fully saturated rings. The molecule has 0 spiro atoms. The van der Waals surface area contributed by atoms with E-state index in [1.807, 2.05) is 42.1 Å². The first-order valence-electron chi connectivity index (χ1n) is 7.92. The van der Waals surface area contributed by atoms with Crippen molar-refractivity contribution in [2.45, 2.75) is 32.2 Å². The first-order valence-corrected chi connectivity index (χ1v) is 7.92. The number of rotatable bonds is 5. The number of amides is 1. The molecule has 0 radical (unpaired) electrons. The number of hydrogen-bond acceptors (Lipinski definition) is 2. The summed E-state index contributed by atoms with van der Waals surface area (Å²) in [6, 6.07) is 3.95. The van der Waals surface area contributed by atoms with Gasteiger partial charge in [0.15, 0.2) is 0 Å². The van der Waals surface area contributed by atoms with Gasteiger partial charge in [-0.3, -0.25) is 9.78 Å². The summed E-state index contributed by atoms with van der Waals surface area (Å²) in [5.74, 6) is -0.0627. The van der Waals surface area contributed by atoms with Gasteiger partial charge in [0.05, 0.1) is 11.0 Å². The van der Waals surface area contributed by atoms with Crippen LogP contribution in [0.15, 0.2) is 48.6 Å². The van der Waals surface area contributed by atoms with Gasteiger partial charge in [-0.15, -0.1) is 0 Å². The molecule has 1 aliphatic carbocycles. The van der Waals surface area contributed by atoms with Crippen molar-refractivity contribution >= 4 is 16.9 Å². The molecule has 120 valence electrons. The Morgan fingerprint density at radius 1 is 1.52 bits per heavy atom. The summed E-state index contributed by atoms with van der Waals surface area (Å²) in [4.78, 5) is 16.4. The molecule has 1 amide bonds. The van der Waals surface area contributed by atoms with Gasteiger partial charge in [0, 0.05) is 24.9 Å². The molecule has 5 heteroatoms. The van der Waals surface area contributed by atoms with E-state index in [2.05, 4.69) is 10.3 Å². The SMILES string of the molecule is CCCNC(=O)Cn1ccc2ncc(C3C=CC(F)=CC3)cc21. The van der Waals surface area contributed by atoms with Crippen molar-refractivity contribution in [2.24, 2.45) is 0 Å². The van der Waals surface area contributed by atoms with Crippen LogP contribution >= 0.6 is 0 Å². The molecule has 1 atom stereocenters. The summed E-state index contributed by atoms with van der Waals surface area (Å²) in [6.45, 7) is 2.99. The predicted octanol–water partition coefficient (Wildman–Crippen LogP) is 3.46. The van der Waals surface area contributed by atoms with E-state index in [0.29, 0.717) is 13.0 Å². The average Bonchev–Trinajstić information content (AvgIpc) is 2.96. The van der Waals surface area contributed by atoms with E-state index in [-0.39, 0.29) is 24.2 Å². The fourth-order valence-electron chi connectivity index (χ4n) is 2.74. The largest absolute Gasteiger partial charge is 0.355 e. The summed E-state index contributed by atoms with van der Waals surface area (Å²) in [7, 11) is 0. The molecule has 2 aromatic rings. The fourth-order valence-corrected chi connectivity index (χ4v) is 2.74. The minimum Gasteiger partial charge on any atom is -0.355 e. The molecule has 0 saturated carbocycles. The van der Waals surface area contributed by atoms with Gasteiger partial charge in [-0.2, -0.15) is 0 Å². The highest BCUT2D eigenvalue weighted by Crippen LogP contribution is 2.28. The van der Waals surface area contributed by atoms with Crippen molar-refractivity contribution in [1.29, 1.82) is 0 Å². The molecule has 0 aromatic carbocycles. The van der Waals surface area contributed by atoms with Crippen LogP contribution < -0.4 is 5.32 Å². The third-order valence-electron chi connectivity index (χ3n) is 4.01. The van der Waals surface area contributed by atoms with Crippen LogP contribution in [-0.4, -0.2) is 22.0 Å². The number of carbonyl (C=O) groups excluding carboxylic acids is 1. The molecule has 0 bridgehead atoms. The zero-order valence-electron chi connectivity index (χ0n) is 13.1. The zero-order valence-corrected chi connectivity index (χ0v) is 13.1. The minimum absolute atomic E-state index is 0.00248. The number of carbonyl (C=O) groups is 1. The smallest absolute Gasteiger partial charge is 0.239 e. The lowest BCUT2D eigenvalue weighted by atomic mass is 9.93. The standard InChI is InChI=1S/C18H20FN3O/c1-2-8-20-18(23)12-22-9-7-16-17(22)10-14(11-21-16)13-3-5-15(19)6-4-13/h3,5-7,9-11,13H,2,4,8,12H2,1H3,(H,20,23). The Bertz CT molecular complexity index is 776. The van der Waals surface area contributed by atoms with Crippen LogP contribution in [0.3, 0.4) is 0 Å². The predicted molar refractivity (Wildman–Crippen MR) is 88.7 cm³/mol. The number of fused-ring (bicyclic) bond motifs is 1. The molecule has 4 nitrogen and oxygen atoms in total. The molecule has 2 heterocycles. The molecular formula is C18H20FN3O. The topological polar surface area (TPSA) is 46.9 Å². The Kier molecular flexibility index (Phi) is 4.55. The molecule has 1 unspecified atom stereocenters. The highest BCUT2D eigenvalue weighted by molar-refractivity contribution is 5.81. The zero-order chi connectivity index (χ0) is 16.2. The summed E-state index contributed by atoms with van der Waals surface area (Å²) in [6.07, 6.45) is 10.2. The average molecular weight is 313 g/mol. The minimum atomic E-state index is -0.189. The van der Waals surface area contributed by atoms with Crippen LogP contribution in [0.4, 0.5) is 4.39 Å². The summed E-state index contributed by atoms with van der Waals surface area (Å²) in [5, 5.41) is 2.88. The maximum Gasteiger partial charge on any atom is 0.239 e. The fraction of sp³-hybridized carbons (Fsp3) is 0.333. The third-order valence-corrected chi connectivity index (χ3v) is 4.01. The van der Waals surface area contributed by atoms with Crippen LogP contribution in [0.25, 0.3) is 11.0 Å². The Labute approximate surface area is 134 Å². The lowest BCUT2D eigenvalue weighted by molar-refractivity contribution is -0.121. The van der Waals surface area contributed by atoms with Crippen LogP contribution in [-0.2, 0) is 11.3 Å². The Balaban J connectivity index is 1.83. The maximum absolute atomic E-state index is 13.1. The summed E-state index contributed by atoms with van der Waals surface area (Å²) in [5.41, 5.74) is 2.82. The summed E-state index contributed by atoms with van der Waals surface area (Å²) < 4.78 is 15.0. The molecular weight excluding hydrogens is 293 g/mol. The third kappa shape index (κ3) is 3.50. The lowest BCUT2D eigenvalue weighted by Crippen LogP contribution is -2.27. The molecule has 3 rings (SSSR count). The number of nitrogens with zero attached hydrogens (tertiary/aromatic N) is 2. The molecule has 23 heavy (non-hydrogen) atoms. The monoisotopic (exact) mass is 313 g/mol. The van der Waals surface area contributed by atoms with E-state index >= 15 is 0 Å². The highest BCUT2D eigenvalue weighted by Gasteiger charge is 2.14. The van der Waals surface area contributed by atoms with Gasteiger partial charge in [0.25, 0.3) is 0 Å². The van der Waals surface area contributed by atoms with E-state index in [9.17, 15) is 9.18 Å². The van der Waals surface area contributed by atoms with E-state index in [1.54, 1.807) is 6.08 Å². The van der Waals surface area contributed by atoms with Crippen molar-refractivity contribution in [3.05, 3.63) is 54.1 Å². The van der Waals surface area contributed by atoms with Gasteiger partial charge in [0.2, 0.25) is 5.91 Å². The number of aromatic nitrogens is 2. The van der Waals surface area contributed by atoms with E-state index in [4.69, 9.17) is 0 Å².